The monoisotopic (exact) mass is 290 g/mol. The predicted octanol–water partition coefficient (Wildman–Crippen LogP) is 0.709. The summed E-state index contributed by atoms with van der Waals surface area (Å²) in [5.74, 6) is 1.29. The molecule has 0 aromatic carbocycles. The van der Waals surface area contributed by atoms with Crippen LogP contribution in [-0.2, 0) is 16.1 Å². The summed E-state index contributed by atoms with van der Waals surface area (Å²) in [4.78, 5) is 30.7. The van der Waals surface area contributed by atoms with E-state index in [1.54, 1.807) is 6.20 Å². The van der Waals surface area contributed by atoms with E-state index < -0.39 is 5.54 Å². The standard InChI is InChI=1S/C15H22N4O2/c1-11-16-6-8-18(11)9-10-19-7-5-13(20)17-15(2,14(19)21)12-3-4-12/h6,8,12H,3-5,7,9-10H2,1-2H3,(H,17,20). The van der Waals surface area contributed by atoms with Crippen molar-refractivity contribution in [2.45, 2.75) is 45.2 Å². The molecule has 1 atom stereocenters. The van der Waals surface area contributed by atoms with Crippen LogP contribution in [0, 0.1) is 12.8 Å². The van der Waals surface area contributed by atoms with Crippen molar-refractivity contribution in [1.82, 2.24) is 19.8 Å². The average molecular weight is 290 g/mol. The van der Waals surface area contributed by atoms with Gasteiger partial charge in [-0.15, -0.1) is 0 Å². The minimum absolute atomic E-state index is 0.0148. The van der Waals surface area contributed by atoms with Gasteiger partial charge >= 0.3 is 0 Å². The molecular formula is C15H22N4O2. The zero-order chi connectivity index (χ0) is 15.0. The number of aryl methyl sites for hydroxylation is 1. The van der Waals surface area contributed by atoms with Gasteiger partial charge in [-0.1, -0.05) is 0 Å². The summed E-state index contributed by atoms with van der Waals surface area (Å²) in [7, 11) is 0. The molecule has 0 bridgehead atoms. The second-order valence-electron chi connectivity index (χ2n) is 6.23. The molecule has 2 aliphatic rings. The summed E-state index contributed by atoms with van der Waals surface area (Å²) < 4.78 is 2.03. The van der Waals surface area contributed by atoms with Crippen LogP contribution < -0.4 is 5.32 Å². The third-order valence-electron chi connectivity index (χ3n) is 4.67. The van der Waals surface area contributed by atoms with E-state index in [0.29, 0.717) is 32.0 Å². The quantitative estimate of drug-likeness (QED) is 0.888. The molecule has 1 aromatic rings. The van der Waals surface area contributed by atoms with Crippen molar-refractivity contribution >= 4 is 11.8 Å². The lowest BCUT2D eigenvalue weighted by Crippen LogP contribution is -2.57. The van der Waals surface area contributed by atoms with Gasteiger partial charge < -0.3 is 14.8 Å². The summed E-state index contributed by atoms with van der Waals surface area (Å²) in [6, 6.07) is 0. The van der Waals surface area contributed by atoms with E-state index in [0.717, 1.165) is 18.7 Å². The lowest BCUT2D eigenvalue weighted by atomic mass is 9.94. The van der Waals surface area contributed by atoms with Crippen LogP contribution in [0.15, 0.2) is 12.4 Å². The zero-order valence-corrected chi connectivity index (χ0v) is 12.6. The number of aromatic nitrogens is 2. The van der Waals surface area contributed by atoms with Crippen LogP contribution in [0.1, 0.15) is 32.0 Å². The number of hydrogen-bond acceptors (Lipinski definition) is 3. The van der Waals surface area contributed by atoms with Crippen molar-refractivity contribution in [3.8, 4) is 0 Å². The second kappa shape index (κ2) is 5.16. The lowest BCUT2D eigenvalue weighted by molar-refractivity contribution is -0.139. The van der Waals surface area contributed by atoms with Crippen molar-refractivity contribution in [3.63, 3.8) is 0 Å². The molecule has 1 saturated heterocycles. The van der Waals surface area contributed by atoms with Gasteiger partial charge in [0.25, 0.3) is 0 Å². The molecule has 6 heteroatoms. The highest BCUT2D eigenvalue weighted by atomic mass is 16.2. The van der Waals surface area contributed by atoms with Gasteiger partial charge in [-0.25, -0.2) is 4.98 Å². The number of carbonyl (C=O) groups excluding carboxylic acids is 2. The topological polar surface area (TPSA) is 67.2 Å². The molecule has 0 radical (unpaired) electrons. The molecule has 1 aliphatic carbocycles. The lowest BCUT2D eigenvalue weighted by Gasteiger charge is -2.32. The van der Waals surface area contributed by atoms with E-state index in [2.05, 4.69) is 10.3 Å². The maximum Gasteiger partial charge on any atom is 0.248 e. The summed E-state index contributed by atoms with van der Waals surface area (Å²) in [6.45, 7) is 5.66. The van der Waals surface area contributed by atoms with Crippen molar-refractivity contribution in [3.05, 3.63) is 18.2 Å². The molecule has 21 heavy (non-hydrogen) atoms. The van der Waals surface area contributed by atoms with E-state index in [4.69, 9.17) is 0 Å². The Hall–Kier alpha value is -1.85. The van der Waals surface area contributed by atoms with Crippen LogP contribution >= 0.6 is 0 Å². The molecule has 6 nitrogen and oxygen atoms in total. The van der Waals surface area contributed by atoms with E-state index in [9.17, 15) is 9.59 Å². The third kappa shape index (κ3) is 2.66. The van der Waals surface area contributed by atoms with Crippen LogP contribution in [0.25, 0.3) is 0 Å². The van der Waals surface area contributed by atoms with Crippen molar-refractivity contribution in [1.29, 1.82) is 0 Å². The van der Waals surface area contributed by atoms with Gasteiger partial charge in [0.1, 0.15) is 11.4 Å². The first kappa shape index (κ1) is 14.1. The minimum atomic E-state index is -0.711. The molecule has 1 aromatic heterocycles. The van der Waals surface area contributed by atoms with Gasteiger partial charge in [-0.3, -0.25) is 9.59 Å². The number of amides is 2. The van der Waals surface area contributed by atoms with Crippen molar-refractivity contribution < 1.29 is 9.59 Å². The first-order valence-electron chi connectivity index (χ1n) is 7.59. The number of imidazole rings is 1. The SMILES string of the molecule is Cc1nccn1CCN1CCC(=O)NC(C)(C2CC2)C1=O. The zero-order valence-electron chi connectivity index (χ0n) is 12.6. The van der Waals surface area contributed by atoms with Crippen LogP contribution in [0.4, 0.5) is 0 Å². The summed E-state index contributed by atoms with van der Waals surface area (Å²) >= 11 is 0. The Labute approximate surface area is 124 Å². The largest absolute Gasteiger partial charge is 0.342 e. The van der Waals surface area contributed by atoms with Crippen LogP contribution in [0.3, 0.4) is 0 Å². The molecule has 2 heterocycles. The highest BCUT2D eigenvalue weighted by Crippen LogP contribution is 2.41. The molecule has 2 fully saturated rings. The van der Waals surface area contributed by atoms with E-state index in [1.807, 2.05) is 29.5 Å². The Bertz CT molecular complexity index is 564. The third-order valence-corrected chi connectivity index (χ3v) is 4.67. The highest BCUT2D eigenvalue weighted by molar-refractivity contribution is 5.93. The Morgan fingerprint density at radius 3 is 2.76 bits per heavy atom. The molecule has 114 valence electrons. The average Bonchev–Trinajstić information content (AvgIpc) is 3.23. The Morgan fingerprint density at radius 2 is 2.14 bits per heavy atom. The van der Waals surface area contributed by atoms with Gasteiger partial charge in [-0.05, 0) is 32.6 Å². The van der Waals surface area contributed by atoms with Gasteiger partial charge in [0.2, 0.25) is 11.8 Å². The summed E-state index contributed by atoms with van der Waals surface area (Å²) in [5, 5.41) is 2.95. The number of hydrogen-bond donors (Lipinski definition) is 1. The van der Waals surface area contributed by atoms with E-state index in [-0.39, 0.29) is 11.8 Å². The molecule has 2 amide bonds. The number of carbonyl (C=O) groups is 2. The summed E-state index contributed by atoms with van der Waals surface area (Å²) in [5.41, 5.74) is -0.711. The molecule has 1 aliphatic heterocycles. The summed E-state index contributed by atoms with van der Waals surface area (Å²) in [6.07, 6.45) is 6.12. The maximum absolute atomic E-state index is 12.8. The fourth-order valence-corrected chi connectivity index (χ4v) is 3.09. The molecule has 0 spiro atoms. The van der Waals surface area contributed by atoms with Gasteiger partial charge in [0, 0.05) is 38.4 Å². The molecule has 1 saturated carbocycles. The number of rotatable bonds is 4. The molecule has 1 N–H and O–H groups in total. The van der Waals surface area contributed by atoms with Crippen LogP contribution in [0.2, 0.25) is 0 Å². The van der Waals surface area contributed by atoms with Gasteiger partial charge in [0.15, 0.2) is 0 Å². The predicted molar refractivity (Wildman–Crippen MR) is 77.4 cm³/mol. The normalized spacial score (nSPS) is 26.7. The fourth-order valence-electron chi connectivity index (χ4n) is 3.09. The van der Waals surface area contributed by atoms with Crippen molar-refractivity contribution in [2.75, 3.05) is 13.1 Å². The van der Waals surface area contributed by atoms with Gasteiger partial charge in [-0.2, -0.15) is 0 Å². The Morgan fingerprint density at radius 1 is 1.38 bits per heavy atom. The molecule has 1 unspecified atom stereocenters. The highest BCUT2D eigenvalue weighted by Gasteiger charge is 2.50. The smallest absolute Gasteiger partial charge is 0.248 e. The first-order valence-corrected chi connectivity index (χ1v) is 7.59. The van der Waals surface area contributed by atoms with Crippen LogP contribution in [0.5, 0.6) is 0 Å². The Kier molecular flexibility index (Phi) is 3.47. The molecular weight excluding hydrogens is 268 g/mol. The van der Waals surface area contributed by atoms with Gasteiger partial charge in [0.05, 0.1) is 0 Å². The molecule has 3 rings (SSSR count). The number of nitrogens with one attached hydrogen (secondary N) is 1. The first-order chi connectivity index (χ1) is 10.0. The Balaban J connectivity index is 1.73. The number of nitrogens with zero attached hydrogens (tertiary/aromatic N) is 3. The van der Waals surface area contributed by atoms with Crippen LogP contribution in [-0.4, -0.2) is 44.9 Å². The second-order valence-corrected chi connectivity index (χ2v) is 6.23. The fraction of sp³-hybridized carbons (Fsp3) is 0.667. The van der Waals surface area contributed by atoms with E-state index in [1.165, 1.54) is 0 Å². The van der Waals surface area contributed by atoms with E-state index >= 15 is 0 Å². The maximum atomic E-state index is 12.8. The van der Waals surface area contributed by atoms with Crippen molar-refractivity contribution in [2.24, 2.45) is 5.92 Å². The minimum Gasteiger partial charge on any atom is -0.342 e.